The average Bonchev–Trinajstić information content (AvgIpc) is 2.66. The molecule has 0 spiro atoms. The van der Waals surface area contributed by atoms with E-state index in [-0.39, 0.29) is 12.3 Å². The Morgan fingerprint density at radius 2 is 2.15 bits per heavy atom. The van der Waals surface area contributed by atoms with Crippen molar-refractivity contribution in [3.05, 3.63) is 20.8 Å². The van der Waals surface area contributed by atoms with Crippen LogP contribution in [0.15, 0.2) is 20.8 Å². The van der Waals surface area contributed by atoms with Crippen LogP contribution in [0, 0.1) is 11.8 Å². The highest BCUT2D eigenvalue weighted by Gasteiger charge is 2.60. The van der Waals surface area contributed by atoms with Crippen molar-refractivity contribution in [1.82, 2.24) is 0 Å². The Balaban J connectivity index is 2.15. The second-order valence-electron chi connectivity index (χ2n) is 3.51. The normalized spacial score (nSPS) is 36.6. The van der Waals surface area contributed by atoms with Crippen LogP contribution < -0.4 is 0 Å². The summed E-state index contributed by atoms with van der Waals surface area (Å²) >= 11 is 8.07. The monoisotopic (exact) mass is 316 g/mol. The first-order valence-electron chi connectivity index (χ1n) is 4.12. The van der Waals surface area contributed by atoms with E-state index in [4.69, 9.17) is 11.6 Å². The highest BCUT2D eigenvalue weighted by atomic mass is 127. The Kier molecular flexibility index (Phi) is 2.43. The lowest BCUT2D eigenvalue weighted by Gasteiger charge is -2.18. The first-order chi connectivity index (χ1) is 6.02. The number of hydrogen-bond acceptors (Lipinski definition) is 0. The summed E-state index contributed by atoms with van der Waals surface area (Å²) in [6.45, 7) is 0. The molecule has 2 atom stereocenters. The predicted molar refractivity (Wildman–Crippen MR) is 57.2 cm³/mol. The van der Waals surface area contributed by atoms with Gasteiger partial charge in [0.2, 0.25) is 0 Å². The first-order valence-corrected chi connectivity index (χ1v) is 5.57. The van der Waals surface area contributed by atoms with Gasteiger partial charge in [-0.2, -0.15) is 0 Å². The van der Waals surface area contributed by atoms with E-state index in [1.165, 1.54) is 0 Å². The molecule has 72 valence electrons. The maximum Gasteiger partial charge on any atom is 0.252 e. The van der Waals surface area contributed by atoms with Crippen LogP contribution in [0.2, 0.25) is 0 Å². The van der Waals surface area contributed by atoms with Crippen molar-refractivity contribution in [2.24, 2.45) is 11.8 Å². The minimum absolute atomic E-state index is 0.00560. The second-order valence-corrected chi connectivity index (χ2v) is 5.08. The molecule has 0 bridgehead atoms. The predicted octanol–water partition coefficient (Wildman–Crippen LogP) is 4.10. The minimum atomic E-state index is -2.47. The third kappa shape index (κ3) is 1.77. The summed E-state index contributed by atoms with van der Waals surface area (Å²) in [6, 6.07) is 0. The number of hydrogen-bond donors (Lipinski definition) is 0. The third-order valence-corrected chi connectivity index (χ3v) is 4.31. The Morgan fingerprint density at radius 1 is 1.54 bits per heavy atom. The molecule has 2 rings (SSSR count). The molecule has 1 unspecified atom stereocenters. The number of alkyl halides is 2. The Hall–Kier alpha value is 0.360. The Morgan fingerprint density at radius 3 is 2.69 bits per heavy atom. The van der Waals surface area contributed by atoms with E-state index in [9.17, 15) is 8.78 Å². The van der Waals surface area contributed by atoms with Gasteiger partial charge < -0.3 is 0 Å². The molecule has 0 aromatic heterocycles. The molecule has 13 heavy (non-hydrogen) atoms. The molecule has 0 radical (unpaired) electrons. The highest BCUT2D eigenvalue weighted by Crippen LogP contribution is 2.57. The van der Waals surface area contributed by atoms with E-state index in [1.54, 1.807) is 0 Å². The van der Waals surface area contributed by atoms with Gasteiger partial charge in [-0.05, 0) is 29.0 Å². The SMILES string of the molecule is FC1(F)CC1[C@@H]1CC=CC(I)=C1Cl. The summed E-state index contributed by atoms with van der Waals surface area (Å²) in [5, 5.41) is 0.616. The molecule has 0 aromatic carbocycles. The summed E-state index contributed by atoms with van der Waals surface area (Å²) in [6.07, 6.45) is 4.48. The molecular formula is C9H8ClF2I. The molecule has 0 aliphatic heterocycles. The number of halogens is 4. The lowest BCUT2D eigenvalue weighted by molar-refractivity contribution is 0.0895. The number of rotatable bonds is 1. The summed E-state index contributed by atoms with van der Waals surface area (Å²) in [5.41, 5.74) is 0. The van der Waals surface area contributed by atoms with Crippen LogP contribution in [0.25, 0.3) is 0 Å². The lowest BCUT2D eigenvalue weighted by Crippen LogP contribution is -2.11. The van der Waals surface area contributed by atoms with Gasteiger partial charge in [-0.3, -0.25) is 0 Å². The van der Waals surface area contributed by atoms with E-state index < -0.39 is 11.8 Å². The summed E-state index contributed by atoms with van der Waals surface area (Å²) < 4.78 is 26.4. The van der Waals surface area contributed by atoms with Crippen molar-refractivity contribution >= 4 is 34.2 Å². The van der Waals surface area contributed by atoms with Gasteiger partial charge in [-0.25, -0.2) is 8.78 Å². The van der Waals surface area contributed by atoms with Crippen LogP contribution >= 0.6 is 34.2 Å². The van der Waals surface area contributed by atoms with Crippen molar-refractivity contribution in [3.8, 4) is 0 Å². The molecule has 0 N–H and O–H groups in total. The molecule has 1 saturated carbocycles. The molecule has 0 heterocycles. The van der Waals surface area contributed by atoms with E-state index in [0.717, 1.165) is 3.58 Å². The minimum Gasteiger partial charge on any atom is -0.207 e. The van der Waals surface area contributed by atoms with Gasteiger partial charge in [0.15, 0.2) is 0 Å². The van der Waals surface area contributed by atoms with Gasteiger partial charge in [0.25, 0.3) is 5.92 Å². The van der Waals surface area contributed by atoms with Crippen LogP contribution in [0.1, 0.15) is 12.8 Å². The van der Waals surface area contributed by atoms with Crippen LogP contribution in [0.5, 0.6) is 0 Å². The quantitative estimate of drug-likeness (QED) is 0.639. The van der Waals surface area contributed by atoms with Crippen LogP contribution in [0.3, 0.4) is 0 Å². The van der Waals surface area contributed by atoms with Gasteiger partial charge in [0.1, 0.15) is 0 Å². The fourth-order valence-corrected chi connectivity index (χ4v) is 2.65. The van der Waals surface area contributed by atoms with Crippen molar-refractivity contribution < 1.29 is 8.78 Å². The molecular weight excluding hydrogens is 308 g/mol. The molecule has 0 aromatic rings. The molecule has 2 aliphatic rings. The molecule has 0 saturated heterocycles. The van der Waals surface area contributed by atoms with E-state index in [2.05, 4.69) is 22.6 Å². The maximum absolute atomic E-state index is 12.8. The van der Waals surface area contributed by atoms with Crippen LogP contribution in [0.4, 0.5) is 8.78 Å². The van der Waals surface area contributed by atoms with Crippen molar-refractivity contribution in [2.45, 2.75) is 18.8 Å². The van der Waals surface area contributed by atoms with Gasteiger partial charge in [-0.15, -0.1) is 0 Å². The van der Waals surface area contributed by atoms with Gasteiger partial charge in [0, 0.05) is 26.9 Å². The maximum atomic E-state index is 12.8. The highest BCUT2D eigenvalue weighted by molar-refractivity contribution is 14.1. The zero-order chi connectivity index (χ0) is 9.64. The van der Waals surface area contributed by atoms with Crippen LogP contribution in [-0.4, -0.2) is 5.92 Å². The largest absolute Gasteiger partial charge is 0.252 e. The Labute approximate surface area is 94.2 Å². The standard InChI is InChI=1S/C9H8ClF2I/c10-8-5(2-1-3-7(8)13)6-4-9(6,11)12/h1,3,5-6H,2,4H2/t5-,6?/m0/s1. The molecule has 4 heteroatoms. The fourth-order valence-electron chi connectivity index (χ4n) is 1.69. The van der Waals surface area contributed by atoms with Crippen molar-refractivity contribution in [1.29, 1.82) is 0 Å². The van der Waals surface area contributed by atoms with Crippen LogP contribution in [-0.2, 0) is 0 Å². The van der Waals surface area contributed by atoms with E-state index in [1.807, 2.05) is 12.2 Å². The smallest absolute Gasteiger partial charge is 0.207 e. The third-order valence-electron chi connectivity index (χ3n) is 2.57. The van der Waals surface area contributed by atoms with Crippen molar-refractivity contribution in [2.75, 3.05) is 0 Å². The molecule has 0 nitrogen and oxygen atoms in total. The zero-order valence-electron chi connectivity index (χ0n) is 6.74. The topological polar surface area (TPSA) is 0 Å². The van der Waals surface area contributed by atoms with Gasteiger partial charge >= 0.3 is 0 Å². The van der Waals surface area contributed by atoms with Gasteiger partial charge in [0.05, 0.1) is 0 Å². The van der Waals surface area contributed by atoms with E-state index >= 15 is 0 Å². The lowest BCUT2D eigenvalue weighted by atomic mass is 9.95. The average molecular weight is 317 g/mol. The molecule has 2 aliphatic carbocycles. The fraction of sp³-hybridized carbons (Fsp3) is 0.556. The zero-order valence-corrected chi connectivity index (χ0v) is 9.65. The van der Waals surface area contributed by atoms with E-state index in [0.29, 0.717) is 11.5 Å². The summed E-state index contributed by atoms with van der Waals surface area (Å²) in [5.74, 6) is -3.13. The molecule has 1 fully saturated rings. The van der Waals surface area contributed by atoms with Gasteiger partial charge in [-0.1, -0.05) is 23.8 Å². The Bertz CT molecular complexity index is 296. The summed E-state index contributed by atoms with van der Waals surface area (Å²) in [4.78, 5) is 0. The van der Waals surface area contributed by atoms with Crippen molar-refractivity contribution in [3.63, 3.8) is 0 Å². The second kappa shape index (κ2) is 3.19. The summed E-state index contributed by atoms with van der Waals surface area (Å²) in [7, 11) is 0. The first kappa shape index (κ1) is 9.90. The molecule has 0 amide bonds. The number of allylic oxidation sites excluding steroid dienone is 4.